The van der Waals surface area contributed by atoms with E-state index >= 15 is 0 Å². The molecule has 0 aromatic carbocycles. The monoisotopic (exact) mass is 141 g/mol. The Balaban J connectivity index is 2.42. The topological polar surface area (TPSA) is 35.3 Å². The fourth-order valence-corrected chi connectivity index (χ4v) is 0.687. The molecule has 0 aliphatic rings. The maximum atomic E-state index is 5.10. The summed E-state index contributed by atoms with van der Waals surface area (Å²) >= 11 is 0. The summed E-state index contributed by atoms with van der Waals surface area (Å²) in [5.74, 6) is 0.791. The highest BCUT2D eigenvalue weighted by atomic mass is 16.5. The summed E-state index contributed by atoms with van der Waals surface area (Å²) in [7, 11) is 0. The summed E-state index contributed by atoms with van der Waals surface area (Å²) in [6, 6.07) is 1.87. The van der Waals surface area contributed by atoms with Crippen molar-refractivity contribution in [3.8, 4) is 0 Å². The van der Waals surface area contributed by atoms with Gasteiger partial charge in [-0.1, -0.05) is 5.16 Å². The number of nitrogens with zero attached hydrogens (tertiary/aromatic N) is 1. The van der Waals surface area contributed by atoms with Gasteiger partial charge < -0.3 is 9.26 Å². The third-order valence-corrected chi connectivity index (χ3v) is 1.13. The third-order valence-electron chi connectivity index (χ3n) is 1.13. The molecular formula is C7H11NO2. The van der Waals surface area contributed by atoms with Crippen LogP contribution in [-0.4, -0.2) is 11.8 Å². The Hall–Kier alpha value is -0.830. The van der Waals surface area contributed by atoms with Gasteiger partial charge in [0, 0.05) is 12.7 Å². The average molecular weight is 141 g/mol. The molecule has 0 radical (unpaired) electrons. The smallest absolute Gasteiger partial charge is 0.162 e. The van der Waals surface area contributed by atoms with Gasteiger partial charge in [0.05, 0.1) is 5.69 Å². The van der Waals surface area contributed by atoms with Crippen molar-refractivity contribution in [3.05, 3.63) is 17.5 Å². The predicted octanol–water partition coefficient (Wildman–Crippen LogP) is 1.52. The first kappa shape index (κ1) is 7.28. The second kappa shape index (κ2) is 3.37. The quantitative estimate of drug-likeness (QED) is 0.640. The number of aromatic nitrogens is 1. The number of hydrogen-bond acceptors (Lipinski definition) is 3. The number of aryl methyl sites for hydroxylation is 1. The third kappa shape index (κ3) is 1.84. The molecule has 0 saturated carbocycles. The van der Waals surface area contributed by atoms with E-state index in [4.69, 9.17) is 9.26 Å². The summed E-state index contributed by atoms with van der Waals surface area (Å²) in [6.07, 6.45) is 0. The van der Waals surface area contributed by atoms with Gasteiger partial charge in [-0.2, -0.15) is 0 Å². The zero-order chi connectivity index (χ0) is 7.40. The Kier molecular flexibility index (Phi) is 2.45. The van der Waals surface area contributed by atoms with E-state index in [1.54, 1.807) is 0 Å². The minimum atomic E-state index is 0.525. The Morgan fingerprint density at radius 2 is 2.50 bits per heavy atom. The molecule has 0 saturated heterocycles. The van der Waals surface area contributed by atoms with Crippen LogP contribution in [0.15, 0.2) is 10.6 Å². The van der Waals surface area contributed by atoms with E-state index in [2.05, 4.69) is 5.16 Å². The molecule has 0 spiro atoms. The summed E-state index contributed by atoms with van der Waals surface area (Å²) in [5, 5.41) is 3.71. The standard InChI is InChI=1S/C7H11NO2/c1-3-9-5-7-4-6(2)8-10-7/h4H,3,5H2,1-2H3. The van der Waals surface area contributed by atoms with Gasteiger partial charge in [-0.3, -0.25) is 0 Å². The van der Waals surface area contributed by atoms with Gasteiger partial charge in [0.2, 0.25) is 0 Å². The molecule has 3 nitrogen and oxygen atoms in total. The van der Waals surface area contributed by atoms with Gasteiger partial charge in [0.25, 0.3) is 0 Å². The fourth-order valence-electron chi connectivity index (χ4n) is 0.687. The van der Waals surface area contributed by atoms with E-state index in [0.29, 0.717) is 13.2 Å². The molecule has 0 unspecified atom stereocenters. The Morgan fingerprint density at radius 3 is 3.00 bits per heavy atom. The first-order chi connectivity index (χ1) is 4.83. The lowest BCUT2D eigenvalue weighted by atomic mass is 10.4. The summed E-state index contributed by atoms with van der Waals surface area (Å²) in [4.78, 5) is 0. The number of hydrogen-bond donors (Lipinski definition) is 0. The average Bonchev–Trinajstić information content (AvgIpc) is 2.31. The molecule has 0 fully saturated rings. The van der Waals surface area contributed by atoms with Crippen LogP contribution in [0.25, 0.3) is 0 Å². The SMILES string of the molecule is CCOCc1cc(C)no1. The molecule has 10 heavy (non-hydrogen) atoms. The van der Waals surface area contributed by atoms with Crippen LogP contribution in [-0.2, 0) is 11.3 Å². The minimum absolute atomic E-state index is 0.525. The Bertz CT molecular complexity index is 195. The van der Waals surface area contributed by atoms with E-state index < -0.39 is 0 Å². The maximum absolute atomic E-state index is 5.10. The van der Waals surface area contributed by atoms with Crippen LogP contribution in [0.3, 0.4) is 0 Å². The van der Waals surface area contributed by atoms with E-state index in [-0.39, 0.29) is 0 Å². The zero-order valence-electron chi connectivity index (χ0n) is 6.26. The van der Waals surface area contributed by atoms with Crippen molar-refractivity contribution in [1.82, 2.24) is 5.16 Å². The first-order valence-electron chi connectivity index (χ1n) is 3.33. The normalized spacial score (nSPS) is 10.2. The summed E-state index contributed by atoms with van der Waals surface area (Å²) < 4.78 is 9.99. The number of ether oxygens (including phenoxy) is 1. The second-order valence-corrected chi connectivity index (χ2v) is 2.07. The van der Waals surface area contributed by atoms with Gasteiger partial charge in [-0.05, 0) is 13.8 Å². The fraction of sp³-hybridized carbons (Fsp3) is 0.571. The molecule has 0 bridgehead atoms. The molecule has 0 atom stereocenters. The van der Waals surface area contributed by atoms with Crippen molar-refractivity contribution >= 4 is 0 Å². The van der Waals surface area contributed by atoms with E-state index in [1.165, 1.54) is 0 Å². The van der Waals surface area contributed by atoms with Crippen LogP contribution in [0.5, 0.6) is 0 Å². The van der Waals surface area contributed by atoms with Gasteiger partial charge in [-0.15, -0.1) is 0 Å². The van der Waals surface area contributed by atoms with E-state index in [0.717, 1.165) is 11.5 Å². The molecule has 1 aromatic rings. The molecule has 0 aliphatic carbocycles. The van der Waals surface area contributed by atoms with Crippen molar-refractivity contribution in [2.45, 2.75) is 20.5 Å². The van der Waals surface area contributed by atoms with Crippen LogP contribution in [0.1, 0.15) is 18.4 Å². The maximum Gasteiger partial charge on any atom is 0.162 e. The minimum Gasteiger partial charge on any atom is -0.374 e. The van der Waals surface area contributed by atoms with Crippen LogP contribution in [0, 0.1) is 6.92 Å². The largest absolute Gasteiger partial charge is 0.374 e. The van der Waals surface area contributed by atoms with Crippen molar-refractivity contribution in [2.75, 3.05) is 6.61 Å². The van der Waals surface area contributed by atoms with E-state index in [1.807, 2.05) is 19.9 Å². The molecule has 56 valence electrons. The lowest BCUT2D eigenvalue weighted by Gasteiger charge is -1.92. The highest BCUT2D eigenvalue weighted by molar-refractivity contribution is 5.01. The van der Waals surface area contributed by atoms with Crippen molar-refractivity contribution in [1.29, 1.82) is 0 Å². The van der Waals surface area contributed by atoms with Crippen LogP contribution in [0.4, 0.5) is 0 Å². The lowest BCUT2D eigenvalue weighted by molar-refractivity contribution is 0.112. The predicted molar refractivity (Wildman–Crippen MR) is 36.6 cm³/mol. The first-order valence-corrected chi connectivity index (χ1v) is 3.33. The molecule has 1 aromatic heterocycles. The molecule has 3 heteroatoms. The van der Waals surface area contributed by atoms with Gasteiger partial charge >= 0.3 is 0 Å². The molecule has 1 rings (SSSR count). The Labute approximate surface area is 60.0 Å². The van der Waals surface area contributed by atoms with Crippen LogP contribution < -0.4 is 0 Å². The molecule has 0 aliphatic heterocycles. The summed E-state index contributed by atoms with van der Waals surface area (Å²) in [5.41, 5.74) is 0.898. The van der Waals surface area contributed by atoms with Crippen LogP contribution in [0.2, 0.25) is 0 Å². The zero-order valence-corrected chi connectivity index (χ0v) is 6.26. The number of rotatable bonds is 3. The van der Waals surface area contributed by atoms with Crippen molar-refractivity contribution in [3.63, 3.8) is 0 Å². The van der Waals surface area contributed by atoms with Gasteiger partial charge in [0.15, 0.2) is 5.76 Å². The lowest BCUT2D eigenvalue weighted by Crippen LogP contribution is -1.88. The highest BCUT2D eigenvalue weighted by Gasteiger charge is 1.97. The van der Waals surface area contributed by atoms with Crippen molar-refractivity contribution in [2.24, 2.45) is 0 Å². The van der Waals surface area contributed by atoms with E-state index in [9.17, 15) is 0 Å². The molecular weight excluding hydrogens is 130 g/mol. The summed E-state index contributed by atoms with van der Waals surface area (Å²) in [6.45, 7) is 5.07. The molecule has 0 amide bonds. The molecule has 0 N–H and O–H groups in total. The Morgan fingerprint density at radius 1 is 1.70 bits per heavy atom. The van der Waals surface area contributed by atoms with Crippen molar-refractivity contribution < 1.29 is 9.26 Å². The highest BCUT2D eigenvalue weighted by Crippen LogP contribution is 2.02. The van der Waals surface area contributed by atoms with Gasteiger partial charge in [-0.25, -0.2) is 0 Å². The van der Waals surface area contributed by atoms with Crippen LogP contribution >= 0.6 is 0 Å². The van der Waals surface area contributed by atoms with Gasteiger partial charge in [0.1, 0.15) is 6.61 Å². The second-order valence-electron chi connectivity index (χ2n) is 2.07. The molecule has 1 heterocycles.